The van der Waals surface area contributed by atoms with E-state index >= 15 is 4.39 Å². The Bertz CT molecular complexity index is 2600. The Hall–Kier alpha value is -5.85. The zero-order valence-electron chi connectivity index (χ0n) is 36.9. The molecule has 6 heterocycles. The number of fused-ring (bicyclic) bond motifs is 2. The number of pyridine rings is 1. The summed E-state index contributed by atoms with van der Waals surface area (Å²) < 4.78 is 30.0. The van der Waals surface area contributed by atoms with Crippen molar-refractivity contribution in [1.29, 1.82) is 0 Å². The maximum Gasteiger partial charge on any atom is 0.293 e. The third-order valence-corrected chi connectivity index (χ3v) is 13.7. The summed E-state index contributed by atoms with van der Waals surface area (Å²) in [6, 6.07) is 10.2. The highest BCUT2D eigenvalue weighted by Gasteiger charge is 2.43. The summed E-state index contributed by atoms with van der Waals surface area (Å²) in [5.41, 5.74) is 2.16. The monoisotopic (exact) mass is 912 g/mol. The zero-order valence-corrected chi connectivity index (χ0v) is 37.7. The summed E-state index contributed by atoms with van der Waals surface area (Å²) in [5, 5.41) is 9.22. The van der Waals surface area contributed by atoms with Gasteiger partial charge in [0, 0.05) is 86.5 Å². The minimum Gasteiger partial charge on any atom is -0.478 e. The lowest BCUT2D eigenvalue weighted by molar-refractivity contribution is -0.137. The van der Waals surface area contributed by atoms with E-state index in [2.05, 4.69) is 42.6 Å². The number of nitrogens with zero attached hydrogens (tertiary/aromatic N) is 7. The summed E-state index contributed by atoms with van der Waals surface area (Å²) in [7, 11) is 1.51. The molecule has 5 aliphatic rings. The standard InChI is InChI=1S/C46H54ClFN10O7/c1-25(2)58-35-7-5-28(17-27(35)18-38(45(58)63)64-24-40(60)49-4)51-42-34(47)21-50-46(53-42)54-13-11-30(12-14-54)65-31-19-29(20-31)56-16-15-55(22-26(56)3)36-8-6-32-33(41(36)48)23-57(44(32)62)37-9-10-39(59)52-43(37)61/h5-8,17-18,21,25-26,29-31,37H,9-16,19-20,22-24H2,1-4H3,(H,49,60)(H,50,51,53)(H,52,59,61)/t26-,29-,31-,37?/m1/s1. The van der Waals surface area contributed by atoms with Gasteiger partial charge in [-0.05, 0) is 89.3 Å². The molecule has 3 N–H and O–H groups in total. The van der Waals surface area contributed by atoms with Crippen molar-refractivity contribution in [2.45, 2.75) is 102 Å². The number of rotatable bonds is 12. The van der Waals surface area contributed by atoms with Gasteiger partial charge in [0.1, 0.15) is 11.1 Å². The molecule has 65 heavy (non-hydrogen) atoms. The fraction of sp³-hybridized carbons (Fsp3) is 0.500. The van der Waals surface area contributed by atoms with Gasteiger partial charge in [-0.1, -0.05) is 11.6 Å². The van der Waals surface area contributed by atoms with Gasteiger partial charge in [0.05, 0.1) is 36.2 Å². The summed E-state index contributed by atoms with van der Waals surface area (Å²) in [5.74, 6) is -0.913. The molecule has 344 valence electrons. The van der Waals surface area contributed by atoms with E-state index in [1.54, 1.807) is 29.0 Å². The number of aromatic nitrogens is 3. The van der Waals surface area contributed by atoms with Crippen LogP contribution in [0.1, 0.15) is 81.3 Å². The van der Waals surface area contributed by atoms with Crippen molar-refractivity contribution >= 4 is 69.3 Å². The molecule has 1 unspecified atom stereocenters. The number of anilines is 4. The van der Waals surface area contributed by atoms with Gasteiger partial charge in [0.2, 0.25) is 17.8 Å². The number of piperidine rings is 2. The van der Waals surface area contributed by atoms with Crippen molar-refractivity contribution in [3.63, 3.8) is 0 Å². The topological polar surface area (TPSA) is 184 Å². The predicted molar refractivity (Wildman–Crippen MR) is 242 cm³/mol. The lowest BCUT2D eigenvalue weighted by Gasteiger charge is -2.50. The van der Waals surface area contributed by atoms with Crippen LogP contribution in [0.4, 0.5) is 27.5 Å². The van der Waals surface area contributed by atoms with E-state index in [1.807, 2.05) is 32.0 Å². The van der Waals surface area contributed by atoms with E-state index in [-0.39, 0.29) is 84.9 Å². The van der Waals surface area contributed by atoms with Crippen LogP contribution >= 0.6 is 11.6 Å². The minimum atomic E-state index is -0.787. The SMILES string of the molecule is CNC(=O)COc1cc2cc(Nc3nc(N4CCC(O[C@H]5C[C@H](N6CCN(c7ccc8c(c7F)CN(C7CCC(=O)NC7=O)C8=O)C[C@H]6C)C5)CC4)ncc3Cl)ccc2n(C(C)C)c1=O. The molecule has 19 heteroatoms. The van der Waals surface area contributed by atoms with Crippen molar-refractivity contribution in [3.05, 3.63) is 74.9 Å². The third kappa shape index (κ3) is 8.82. The van der Waals surface area contributed by atoms with Gasteiger partial charge < -0.3 is 39.4 Å². The third-order valence-electron chi connectivity index (χ3n) is 13.4. The van der Waals surface area contributed by atoms with Gasteiger partial charge >= 0.3 is 0 Å². The van der Waals surface area contributed by atoms with Crippen LogP contribution in [0, 0.1) is 5.82 Å². The Balaban J connectivity index is 0.757. The lowest BCUT2D eigenvalue weighted by Crippen LogP contribution is -2.60. The average molecular weight is 913 g/mol. The lowest BCUT2D eigenvalue weighted by atomic mass is 9.86. The fourth-order valence-electron chi connectivity index (χ4n) is 9.92. The van der Waals surface area contributed by atoms with Gasteiger partial charge in [-0.25, -0.2) is 9.37 Å². The van der Waals surface area contributed by atoms with Crippen LogP contribution in [0.25, 0.3) is 10.9 Å². The Morgan fingerprint density at radius 3 is 2.51 bits per heavy atom. The Morgan fingerprint density at radius 1 is 1.00 bits per heavy atom. The molecular weight excluding hydrogens is 859 g/mol. The van der Waals surface area contributed by atoms with Crippen LogP contribution in [-0.4, -0.2) is 125 Å². The van der Waals surface area contributed by atoms with Crippen molar-refractivity contribution in [3.8, 4) is 5.75 Å². The predicted octanol–water partition coefficient (Wildman–Crippen LogP) is 4.52. The Labute approximate surface area is 380 Å². The number of carbonyl (C=O) groups excluding carboxylic acids is 4. The molecule has 2 atom stereocenters. The number of carbonyl (C=O) groups is 4. The van der Waals surface area contributed by atoms with Crippen molar-refractivity contribution in [2.24, 2.45) is 0 Å². The van der Waals surface area contributed by atoms with E-state index in [0.29, 0.717) is 52.9 Å². The van der Waals surface area contributed by atoms with Crippen LogP contribution in [0.5, 0.6) is 5.75 Å². The second kappa shape index (κ2) is 18.2. The quantitative estimate of drug-likeness (QED) is 0.169. The van der Waals surface area contributed by atoms with Gasteiger partial charge in [-0.3, -0.25) is 34.2 Å². The van der Waals surface area contributed by atoms with Crippen LogP contribution < -0.4 is 36.0 Å². The van der Waals surface area contributed by atoms with Crippen LogP contribution in [-0.2, 0) is 25.7 Å². The molecule has 4 aromatic rings. The smallest absolute Gasteiger partial charge is 0.293 e. The number of likely N-dealkylation sites (N-methyl/N-ethyl adjacent to an activating group) is 1. The number of imide groups is 1. The summed E-state index contributed by atoms with van der Waals surface area (Å²) >= 11 is 6.60. The van der Waals surface area contributed by atoms with Crippen molar-refractivity contribution in [2.75, 3.05) is 61.5 Å². The number of halogens is 2. The maximum atomic E-state index is 16.1. The molecule has 4 aliphatic heterocycles. The Kier molecular flexibility index (Phi) is 12.4. The summed E-state index contributed by atoms with van der Waals surface area (Å²) in [4.78, 5) is 79.9. The van der Waals surface area contributed by atoms with E-state index in [0.717, 1.165) is 56.2 Å². The Morgan fingerprint density at radius 2 is 1.78 bits per heavy atom. The molecule has 0 radical (unpaired) electrons. The number of piperazine rings is 1. The molecule has 17 nitrogen and oxygen atoms in total. The number of amides is 4. The second-order valence-electron chi connectivity index (χ2n) is 17.9. The van der Waals surface area contributed by atoms with Crippen molar-refractivity contribution < 1.29 is 33.0 Å². The van der Waals surface area contributed by atoms with Crippen LogP contribution in [0.3, 0.4) is 0 Å². The largest absolute Gasteiger partial charge is 0.478 e. The first-order valence-electron chi connectivity index (χ1n) is 22.5. The van der Waals surface area contributed by atoms with Crippen LogP contribution in [0.15, 0.2) is 47.4 Å². The first kappa shape index (κ1) is 44.4. The van der Waals surface area contributed by atoms with E-state index in [1.165, 1.54) is 11.9 Å². The molecular formula is C46H54ClFN10O7. The normalized spacial score (nSPS) is 22.9. The number of hydrogen-bond donors (Lipinski definition) is 3. The van der Waals surface area contributed by atoms with E-state index in [4.69, 9.17) is 26.1 Å². The first-order chi connectivity index (χ1) is 31.3. The molecule has 3 saturated heterocycles. The molecule has 0 bridgehead atoms. The number of hydrogen-bond acceptors (Lipinski definition) is 13. The van der Waals surface area contributed by atoms with Gasteiger partial charge in [0.25, 0.3) is 17.4 Å². The molecule has 4 amide bonds. The van der Waals surface area contributed by atoms with E-state index < -0.39 is 17.8 Å². The summed E-state index contributed by atoms with van der Waals surface area (Å²) in [6.07, 6.45) is 5.84. The van der Waals surface area contributed by atoms with Gasteiger partial charge in [0.15, 0.2) is 24.0 Å². The highest BCUT2D eigenvalue weighted by molar-refractivity contribution is 6.33. The molecule has 9 rings (SSSR count). The number of nitrogens with one attached hydrogen (secondary N) is 3. The van der Waals surface area contributed by atoms with Crippen molar-refractivity contribution in [1.82, 2.24) is 35.0 Å². The highest BCUT2D eigenvalue weighted by atomic mass is 35.5. The molecule has 1 saturated carbocycles. The molecule has 2 aromatic carbocycles. The summed E-state index contributed by atoms with van der Waals surface area (Å²) in [6.45, 7) is 9.27. The number of benzene rings is 2. The molecule has 1 aliphatic carbocycles. The maximum absolute atomic E-state index is 16.1. The van der Waals surface area contributed by atoms with Crippen LogP contribution in [0.2, 0.25) is 5.02 Å². The van der Waals surface area contributed by atoms with Gasteiger partial charge in [-0.2, -0.15) is 4.98 Å². The highest BCUT2D eigenvalue weighted by Crippen LogP contribution is 2.38. The fourth-order valence-corrected chi connectivity index (χ4v) is 10.1. The first-order valence-corrected chi connectivity index (χ1v) is 22.8. The number of ether oxygens (including phenoxy) is 2. The zero-order chi connectivity index (χ0) is 45.7. The molecule has 4 fully saturated rings. The molecule has 0 spiro atoms. The second-order valence-corrected chi connectivity index (χ2v) is 18.3. The van der Waals surface area contributed by atoms with E-state index in [9.17, 15) is 24.0 Å². The average Bonchev–Trinajstić information content (AvgIpc) is 3.61. The molecule has 2 aromatic heterocycles. The van der Waals surface area contributed by atoms with Gasteiger partial charge in [-0.15, -0.1) is 0 Å². The minimum absolute atomic E-state index is 0.00687.